The molecule has 1 aromatic rings. The Morgan fingerprint density at radius 3 is 2.86 bits per heavy atom. The predicted molar refractivity (Wildman–Crippen MR) is 92.3 cm³/mol. The van der Waals surface area contributed by atoms with E-state index in [0.29, 0.717) is 12.0 Å². The fourth-order valence-corrected chi connectivity index (χ4v) is 4.06. The molecule has 0 spiro atoms. The van der Waals surface area contributed by atoms with Crippen LogP contribution in [0, 0.1) is 5.92 Å². The maximum atomic E-state index is 6.07. The molecule has 2 nitrogen and oxygen atoms in total. The van der Waals surface area contributed by atoms with E-state index in [0.717, 1.165) is 19.1 Å². The zero-order valence-electron chi connectivity index (χ0n) is 14.0. The van der Waals surface area contributed by atoms with Crippen LogP contribution >= 0.6 is 0 Å². The monoisotopic (exact) mass is 301 g/mol. The average Bonchev–Trinajstić information content (AvgIpc) is 2.97. The van der Waals surface area contributed by atoms with Crippen molar-refractivity contribution in [3.63, 3.8) is 0 Å². The first-order valence-corrected chi connectivity index (χ1v) is 9.21. The minimum absolute atomic E-state index is 0.422. The number of fused-ring (bicyclic) bond motifs is 1. The van der Waals surface area contributed by atoms with Gasteiger partial charge in [-0.1, -0.05) is 31.5 Å². The van der Waals surface area contributed by atoms with Gasteiger partial charge in [-0.2, -0.15) is 0 Å². The van der Waals surface area contributed by atoms with Gasteiger partial charge in [0.05, 0.1) is 0 Å². The summed E-state index contributed by atoms with van der Waals surface area (Å²) in [6.45, 7) is 4.09. The molecule has 2 heteroatoms. The molecule has 0 radical (unpaired) electrons. The smallest absolute Gasteiger partial charge is 0.0497 e. The first kappa shape index (κ1) is 16.0. The second-order valence-corrected chi connectivity index (χ2v) is 7.34. The largest absolute Gasteiger partial charge is 0.381 e. The van der Waals surface area contributed by atoms with Crippen molar-refractivity contribution in [1.82, 2.24) is 0 Å². The normalized spacial score (nSPS) is 27.8. The van der Waals surface area contributed by atoms with Gasteiger partial charge in [-0.05, 0) is 73.5 Å². The standard InChI is InChI=1S/C20H31NO/c1-2-3-10-22-14-15-4-5-17-12-18(7-6-16(17)11-15)19-8-9-20(21)13-19/h6-7,12,15,19-20H,2-5,8-11,13-14,21H2,1H3/t15?,19?,20-/m1/s1. The van der Waals surface area contributed by atoms with E-state index in [4.69, 9.17) is 10.5 Å². The third-order valence-corrected chi connectivity index (χ3v) is 5.50. The fraction of sp³-hybridized carbons (Fsp3) is 0.700. The summed E-state index contributed by atoms with van der Waals surface area (Å²) in [6.07, 6.45) is 9.76. The summed E-state index contributed by atoms with van der Waals surface area (Å²) in [4.78, 5) is 0. The molecule has 1 saturated carbocycles. The molecule has 0 aromatic heterocycles. The summed E-state index contributed by atoms with van der Waals surface area (Å²) in [6, 6.07) is 7.64. The molecule has 0 heterocycles. The second-order valence-electron chi connectivity index (χ2n) is 7.34. The number of aryl methyl sites for hydroxylation is 1. The minimum Gasteiger partial charge on any atom is -0.381 e. The molecule has 2 unspecified atom stereocenters. The summed E-state index contributed by atoms with van der Waals surface area (Å²) in [5.74, 6) is 1.42. The van der Waals surface area contributed by atoms with Gasteiger partial charge in [0.15, 0.2) is 0 Å². The Morgan fingerprint density at radius 1 is 1.18 bits per heavy atom. The molecule has 3 atom stereocenters. The lowest BCUT2D eigenvalue weighted by molar-refractivity contribution is 0.0921. The molecular formula is C20H31NO. The molecule has 2 aliphatic carbocycles. The lowest BCUT2D eigenvalue weighted by Gasteiger charge is -2.26. The number of hydrogen-bond acceptors (Lipinski definition) is 2. The van der Waals surface area contributed by atoms with Crippen molar-refractivity contribution in [3.05, 3.63) is 34.9 Å². The molecule has 2 aliphatic rings. The summed E-state index contributed by atoms with van der Waals surface area (Å²) < 4.78 is 5.83. The van der Waals surface area contributed by atoms with E-state index in [-0.39, 0.29) is 0 Å². The van der Waals surface area contributed by atoms with E-state index in [9.17, 15) is 0 Å². The van der Waals surface area contributed by atoms with Crippen molar-refractivity contribution in [3.8, 4) is 0 Å². The number of hydrogen-bond donors (Lipinski definition) is 1. The Labute approximate surface area is 135 Å². The van der Waals surface area contributed by atoms with Gasteiger partial charge in [0.2, 0.25) is 0 Å². The molecule has 122 valence electrons. The van der Waals surface area contributed by atoms with Crippen molar-refractivity contribution < 1.29 is 4.74 Å². The lowest BCUT2D eigenvalue weighted by atomic mass is 9.82. The molecule has 3 rings (SSSR count). The molecule has 2 N–H and O–H groups in total. The van der Waals surface area contributed by atoms with Gasteiger partial charge < -0.3 is 10.5 Å². The highest BCUT2D eigenvalue weighted by molar-refractivity contribution is 5.36. The van der Waals surface area contributed by atoms with E-state index in [1.54, 1.807) is 11.1 Å². The van der Waals surface area contributed by atoms with Crippen molar-refractivity contribution in [2.45, 2.75) is 70.3 Å². The van der Waals surface area contributed by atoms with E-state index in [2.05, 4.69) is 25.1 Å². The summed E-state index contributed by atoms with van der Waals surface area (Å²) >= 11 is 0. The van der Waals surface area contributed by atoms with Gasteiger partial charge in [-0.15, -0.1) is 0 Å². The van der Waals surface area contributed by atoms with Crippen LogP contribution in [0.25, 0.3) is 0 Å². The highest BCUT2D eigenvalue weighted by Gasteiger charge is 2.25. The van der Waals surface area contributed by atoms with Crippen LogP contribution in [-0.4, -0.2) is 19.3 Å². The van der Waals surface area contributed by atoms with Gasteiger partial charge in [0, 0.05) is 19.3 Å². The van der Waals surface area contributed by atoms with Crippen molar-refractivity contribution >= 4 is 0 Å². The van der Waals surface area contributed by atoms with Crippen LogP contribution in [0.15, 0.2) is 18.2 Å². The molecule has 0 saturated heterocycles. The quantitative estimate of drug-likeness (QED) is 0.799. The topological polar surface area (TPSA) is 35.2 Å². The van der Waals surface area contributed by atoms with E-state index in [1.807, 2.05) is 0 Å². The Kier molecular flexibility index (Phi) is 5.54. The molecule has 0 amide bonds. The van der Waals surface area contributed by atoms with E-state index in [1.165, 1.54) is 56.9 Å². The SMILES string of the molecule is CCCCOCC1CCc2cc(C3CC[C@@H](N)C3)ccc2C1. The number of benzene rings is 1. The number of nitrogens with two attached hydrogens (primary N) is 1. The van der Waals surface area contributed by atoms with Gasteiger partial charge >= 0.3 is 0 Å². The Morgan fingerprint density at radius 2 is 2.09 bits per heavy atom. The van der Waals surface area contributed by atoms with Crippen LogP contribution in [-0.2, 0) is 17.6 Å². The van der Waals surface area contributed by atoms with E-state index < -0.39 is 0 Å². The molecule has 0 aliphatic heterocycles. The van der Waals surface area contributed by atoms with Gasteiger partial charge in [-0.3, -0.25) is 0 Å². The van der Waals surface area contributed by atoms with Crippen LogP contribution in [0.1, 0.15) is 68.1 Å². The van der Waals surface area contributed by atoms with Crippen molar-refractivity contribution in [2.24, 2.45) is 11.7 Å². The van der Waals surface area contributed by atoms with Crippen LogP contribution in [0.5, 0.6) is 0 Å². The average molecular weight is 301 g/mol. The van der Waals surface area contributed by atoms with Crippen molar-refractivity contribution in [1.29, 1.82) is 0 Å². The summed E-state index contributed by atoms with van der Waals surface area (Å²) in [5, 5.41) is 0. The first-order chi connectivity index (χ1) is 10.8. The fourth-order valence-electron chi connectivity index (χ4n) is 4.06. The van der Waals surface area contributed by atoms with Crippen LogP contribution in [0.3, 0.4) is 0 Å². The van der Waals surface area contributed by atoms with Gasteiger partial charge in [0.25, 0.3) is 0 Å². The zero-order chi connectivity index (χ0) is 15.4. The maximum absolute atomic E-state index is 6.07. The minimum atomic E-state index is 0.422. The summed E-state index contributed by atoms with van der Waals surface area (Å²) in [7, 11) is 0. The molecule has 0 bridgehead atoms. The number of unbranched alkanes of at least 4 members (excludes halogenated alkanes) is 1. The molecular weight excluding hydrogens is 270 g/mol. The van der Waals surface area contributed by atoms with Crippen LogP contribution < -0.4 is 5.73 Å². The van der Waals surface area contributed by atoms with Crippen LogP contribution in [0.4, 0.5) is 0 Å². The Bertz CT molecular complexity index is 485. The predicted octanol–water partition coefficient (Wildman–Crippen LogP) is 4.20. The third kappa shape index (κ3) is 3.91. The molecule has 1 aromatic carbocycles. The summed E-state index contributed by atoms with van der Waals surface area (Å²) in [5.41, 5.74) is 10.7. The Balaban J connectivity index is 1.57. The Hall–Kier alpha value is -0.860. The zero-order valence-corrected chi connectivity index (χ0v) is 14.0. The second kappa shape index (κ2) is 7.61. The lowest BCUT2D eigenvalue weighted by Crippen LogP contribution is -2.20. The molecule has 22 heavy (non-hydrogen) atoms. The highest BCUT2D eigenvalue weighted by atomic mass is 16.5. The van der Waals surface area contributed by atoms with Crippen molar-refractivity contribution in [2.75, 3.05) is 13.2 Å². The van der Waals surface area contributed by atoms with E-state index >= 15 is 0 Å². The number of ether oxygens (including phenoxy) is 1. The third-order valence-electron chi connectivity index (χ3n) is 5.50. The maximum Gasteiger partial charge on any atom is 0.0497 e. The highest BCUT2D eigenvalue weighted by Crippen LogP contribution is 2.36. The van der Waals surface area contributed by atoms with Gasteiger partial charge in [0.1, 0.15) is 0 Å². The first-order valence-electron chi connectivity index (χ1n) is 9.21. The van der Waals surface area contributed by atoms with Crippen LogP contribution in [0.2, 0.25) is 0 Å². The molecule has 1 fully saturated rings. The number of rotatable bonds is 6. The van der Waals surface area contributed by atoms with Gasteiger partial charge in [-0.25, -0.2) is 0 Å².